The number of esters is 1. The predicted molar refractivity (Wildman–Crippen MR) is 80.5 cm³/mol. The lowest BCUT2D eigenvalue weighted by molar-refractivity contribution is 0.0471. The molecule has 2 rings (SSSR count). The quantitative estimate of drug-likeness (QED) is 0.599. The summed E-state index contributed by atoms with van der Waals surface area (Å²) >= 11 is 0. The monoisotopic (exact) mass is 336 g/mol. The molecule has 0 bridgehead atoms. The first kappa shape index (κ1) is 17.4. The van der Waals surface area contributed by atoms with Crippen molar-refractivity contribution in [2.75, 3.05) is 20.8 Å². The van der Waals surface area contributed by atoms with Gasteiger partial charge in [0.05, 0.1) is 14.2 Å². The third-order valence-corrected chi connectivity index (χ3v) is 3.20. The van der Waals surface area contributed by atoms with Crippen LogP contribution in [0.25, 0.3) is 0 Å². The second-order valence-corrected chi connectivity index (χ2v) is 4.67. The van der Waals surface area contributed by atoms with E-state index in [1.54, 1.807) is 12.1 Å². The summed E-state index contributed by atoms with van der Waals surface area (Å²) in [6.07, 6.45) is 0. The topological polar surface area (TPSA) is 61.8 Å². The van der Waals surface area contributed by atoms with E-state index in [9.17, 15) is 18.4 Å². The highest BCUT2D eigenvalue weighted by Gasteiger charge is 2.19. The van der Waals surface area contributed by atoms with Crippen LogP contribution < -0.4 is 9.47 Å². The van der Waals surface area contributed by atoms with Crippen LogP contribution in [0, 0.1) is 11.6 Å². The third-order valence-electron chi connectivity index (χ3n) is 3.20. The van der Waals surface area contributed by atoms with Gasteiger partial charge in [-0.3, -0.25) is 4.79 Å². The highest BCUT2D eigenvalue weighted by molar-refractivity contribution is 6.00. The Morgan fingerprint density at radius 3 is 2.38 bits per heavy atom. The van der Waals surface area contributed by atoms with Gasteiger partial charge in [-0.2, -0.15) is 0 Å². The molecule has 0 fully saturated rings. The van der Waals surface area contributed by atoms with Crippen LogP contribution in [0.2, 0.25) is 0 Å². The van der Waals surface area contributed by atoms with Gasteiger partial charge < -0.3 is 14.2 Å². The number of para-hydroxylation sites is 1. The first-order valence-corrected chi connectivity index (χ1v) is 6.84. The minimum atomic E-state index is -1.15. The first-order chi connectivity index (χ1) is 11.5. The zero-order valence-corrected chi connectivity index (χ0v) is 13.0. The molecule has 7 heteroatoms. The lowest BCUT2D eigenvalue weighted by Gasteiger charge is -2.11. The molecule has 0 amide bonds. The molecular weight excluding hydrogens is 322 g/mol. The molecule has 2 aromatic rings. The zero-order valence-electron chi connectivity index (χ0n) is 13.0. The molecular formula is C17H14F2O5. The van der Waals surface area contributed by atoms with Crippen LogP contribution in [-0.4, -0.2) is 32.6 Å². The lowest BCUT2D eigenvalue weighted by Crippen LogP contribution is -2.15. The van der Waals surface area contributed by atoms with E-state index in [1.807, 2.05) is 0 Å². The smallest absolute Gasteiger partial charge is 0.342 e. The van der Waals surface area contributed by atoms with E-state index in [1.165, 1.54) is 20.3 Å². The molecule has 0 radical (unpaired) electrons. The standard InChI is InChI=1S/C17H14F2O5/c1-22-15-5-3-4-11(16(15)23-2)17(21)24-9-14(20)10-6-7-12(18)13(19)8-10/h3-8H,9H2,1-2H3. The van der Waals surface area contributed by atoms with E-state index in [2.05, 4.69) is 0 Å². The largest absolute Gasteiger partial charge is 0.493 e. The van der Waals surface area contributed by atoms with Crippen molar-refractivity contribution < 1.29 is 32.6 Å². The van der Waals surface area contributed by atoms with Gasteiger partial charge in [0, 0.05) is 5.56 Å². The van der Waals surface area contributed by atoms with Gasteiger partial charge >= 0.3 is 5.97 Å². The molecule has 0 atom stereocenters. The lowest BCUT2D eigenvalue weighted by atomic mass is 10.1. The van der Waals surface area contributed by atoms with E-state index in [-0.39, 0.29) is 16.9 Å². The van der Waals surface area contributed by atoms with E-state index >= 15 is 0 Å². The van der Waals surface area contributed by atoms with Gasteiger partial charge in [-0.15, -0.1) is 0 Å². The number of benzene rings is 2. The SMILES string of the molecule is COc1cccc(C(=O)OCC(=O)c2ccc(F)c(F)c2)c1OC. The molecule has 0 unspecified atom stereocenters. The number of rotatable bonds is 6. The molecule has 2 aromatic carbocycles. The highest BCUT2D eigenvalue weighted by Crippen LogP contribution is 2.31. The molecule has 0 spiro atoms. The Morgan fingerprint density at radius 1 is 1.00 bits per heavy atom. The molecule has 0 N–H and O–H groups in total. The molecule has 126 valence electrons. The Labute approximate surface area is 136 Å². The van der Waals surface area contributed by atoms with E-state index < -0.39 is 30.0 Å². The van der Waals surface area contributed by atoms with E-state index in [4.69, 9.17) is 14.2 Å². The van der Waals surface area contributed by atoms with Gasteiger partial charge in [0.15, 0.2) is 35.5 Å². The van der Waals surface area contributed by atoms with Crippen LogP contribution in [0.15, 0.2) is 36.4 Å². The highest BCUT2D eigenvalue weighted by atomic mass is 19.2. The number of ether oxygens (including phenoxy) is 3. The maximum absolute atomic E-state index is 13.1. The summed E-state index contributed by atoms with van der Waals surface area (Å²) in [5.41, 5.74) is -0.0192. The van der Waals surface area contributed by atoms with Crippen molar-refractivity contribution in [3.8, 4) is 11.5 Å². The van der Waals surface area contributed by atoms with Crippen molar-refractivity contribution in [3.63, 3.8) is 0 Å². The zero-order chi connectivity index (χ0) is 17.7. The summed E-state index contributed by atoms with van der Waals surface area (Å²) in [6.45, 7) is -0.621. The summed E-state index contributed by atoms with van der Waals surface area (Å²) in [6, 6.07) is 7.30. The maximum atomic E-state index is 13.1. The van der Waals surface area contributed by atoms with Gasteiger partial charge in [-0.1, -0.05) is 6.07 Å². The Bertz CT molecular complexity index is 774. The predicted octanol–water partition coefficient (Wildman–Crippen LogP) is 3.02. The molecule has 0 heterocycles. The van der Waals surface area contributed by atoms with Gasteiger partial charge in [0.2, 0.25) is 0 Å². The van der Waals surface area contributed by atoms with Crippen molar-refractivity contribution in [3.05, 3.63) is 59.2 Å². The van der Waals surface area contributed by atoms with Crippen LogP contribution in [0.4, 0.5) is 8.78 Å². The minimum absolute atomic E-state index is 0.0786. The summed E-state index contributed by atoms with van der Waals surface area (Å²) in [5.74, 6) is -3.18. The Kier molecular flexibility index (Phi) is 5.47. The van der Waals surface area contributed by atoms with Crippen LogP contribution in [0.3, 0.4) is 0 Å². The number of carbonyl (C=O) groups is 2. The maximum Gasteiger partial charge on any atom is 0.342 e. The van der Waals surface area contributed by atoms with Crippen LogP contribution in [-0.2, 0) is 4.74 Å². The number of methoxy groups -OCH3 is 2. The van der Waals surface area contributed by atoms with Crippen LogP contribution >= 0.6 is 0 Å². The molecule has 5 nitrogen and oxygen atoms in total. The average molecular weight is 336 g/mol. The number of hydrogen-bond donors (Lipinski definition) is 0. The molecule has 0 aliphatic carbocycles. The summed E-state index contributed by atoms with van der Waals surface area (Å²) in [4.78, 5) is 24.0. The normalized spacial score (nSPS) is 10.2. The molecule has 24 heavy (non-hydrogen) atoms. The summed E-state index contributed by atoms with van der Waals surface area (Å²) in [7, 11) is 2.78. The summed E-state index contributed by atoms with van der Waals surface area (Å²) < 4.78 is 41.1. The fraction of sp³-hybridized carbons (Fsp3) is 0.176. The molecule has 0 saturated heterocycles. The van der Waals surface area contributed by atoms with Crippen molar-refractivity contribution >= 4 is 11.8 Å². The van der Waals surface area contributed by atoms with E-state index in [0.717, 1.165) is 18.2 Å². The first-order valence-electron chi connectivity index (χ1n) is 6.84. The number of carbonyl (C=O) groups excluding carboxylic acids is 2. The van der Waals surface area contributed by atoms with Gasteiger partial charge in [0.1, 0.15) is 5.56 Å². The van der Waals surface area contributed by atoms with Crippen LogP contribution in [0.5, 0.6) is 11.5 Å². The average Bonchev–Trinajstić information content (AvgIpc) is 2.60. The number of Topliss-reactive ketones (excluding diaryl/α,β-unsaturated/α-hetero) is 1. The molecule has 0 aromatic heterocycles. The van der Waals surface area contributed by atoms with Gasteiger partial charge in [0.25, 0.3) is 0 Å². The second-order valence-electron chi connectivity index (χ2n) is 4.67. The number of halogens is 2. The fourth-order valence-corrected chi connectivity index (χ4v) is 2.01. The van der Waals surface area contributed by atoms with Crippen molar-refractivity contribution in [2.45, 2.75) is 0 Å². The molecule has 0 saturated carbocycles. The van der Waals surface area contributed by atoms with Gasteiger partial charge in [-0.25, -0.2) is 13.6 Å². The Morgan fingerprint density at radius 2 is 1.75 bits per heavy atom. The number of hydrogen-bond acceptors (Lipinski definition) is 5. The molecule has 0 aliphatic heterocycles. The summed E-state index contributed by atoms with van der Waals surface area (Å²) in [5, 5.41) is 0. The fourth-order valence-electron chi connectivity index (χ4n) is 2.01. The van der Waals surface area contributed by atoms with Crippen molar-refractivity contribution in [2.24, 2.45) is 0 Å². The van der Waals surface area contributed by atoms with Gasteiger partial charge in [-0.05, 0) is 30.3 Å². The second kappa shape index (κ2) is 7.54. The minimum Gasteiger partial charge on any atom is -0.493 e. The van der Waals surface area contributed by atoms with Crippen molar-refractivity contribution in [1.29, 1.82) is 0 Å². The van der Waals surface area contributed by atoms with Crippen LogP contribution in [0.1, 0.15) is 20.7 Å². The Balaban J connectivity index is 2.10. The number of ketones is 1. The molecule has 0 aliphatic rings. The Hall–Kier alpha value is -2.96. The van der Waals surface area contributed by atoms with E-state index in [0.29, 0.717) is 5.75 Å². The third kappa shape index (κ3) is 3.68. The van der Waals surface area contributed by atoms with Crippen molar-refractivity contribution in [1.82, 2.24) is 0 Å².